The van der Waals surface area contributed by atoms with Crippen LogP contribution in [0.2, 0.25) is 5.02 Å². The van der Waals surface area contributed by atoms with Crippen LogP contribution in [0.5, 0.6) is 5.75 Å². The lowest BCUT2D eigenvalue weighted by atomic mass is 10.1. The van der Waals surface area contributed by atoms with Crippen LogP contribution in [-0.2, 0) is 0 Å². The maximum absolute atomic E-state index is 5.97. The zero-order chi connectivity index (χ0) is 9.59. The van der Waals surface area contributed by atoms with Crippen molar-refractivity contribution >= 4 is 27.5 Å². The molecule has 0 radical (unpaired) electrons. The first-order chi connectivity index (χ1) is 6.11. The first-order valence-electron chi connectivity index (χ1n) is 4.01. The SMILES string of the molecule is CC1Oc2c(Cl)ccc(Br)c2C1N. The number of benzene rings is 1. The van der Waals surface area contributed by atoms with Crippen molar-refractivity contribution in [2.24, 2.45) is 5.73 Å². The van der Waals surface area contributed by atoms with Crippen molar-refractivity contribution < 1.29 is 4.74 Å². The highest BCUT2D eigenvalue weighted by molar-refractivity contribution is 9.10. The Hall–Kier alpha value is -0.250. The summed E-state index contributed by atoms with van der Waals surface area (Å²) in [5.74, 6) is 0.719. The molecule has 13 heavy (non-hydrogen) atoms. The van der Waals surface area contributed by atoms with Gasteiger partial charge in [-0.1, -0.05) is 27.5 Å². The second-order valence-corrected chi connectivity index (χ2v) is 4.38. The number of rotatable bonds is 0. The second-order valence-electron chi connectivity index (χ2n) is 3.12. The highest BCUT2D eigenvalue weighted by Gasteiger charge is 2.31. The molecule has 0 bridgehead atoms. The van der Waals surface area contributed by atoms with Crippen LogP contribution in [0, 0.1) is 0 Å². The van der Waals surface area contributed by atoms with Crippen LogP contribution in [0.15, 0.2) is 16.6 Å². The predicted molar refractivity (Wildman–Crippen MR) is 56.2 cm³/mol. The summed E-state index contributed by atoms with van der Waals surface area (Å²) < 4.78 is 6.51. The Balaban J connectivity index is 2.61. The molecule has 2 unspecified atom stereocenters. The Morgan fingerprint density at radius 3 is 2.85 bits per heavy atom. The van der Waals surface area contributed by atoms with Crippen molar-refractivity contribution in [1.29, 1.82) is 0 Å². The molecule has 2 N–H and O–H groups in total. The Morgan fingerprint density at radius 2 is 2.23 bits per heavy atom. The maximum Gasteiger partial charge on any atom is 0.144 e. The third-order valence-electron chi connectivity index (χ3n) is 2.24. The van der Waals surface area contributed by atoms with Crippen LogP contribution in [0.3, 0.4) is 0 Å². The van der Waals surface area contributed by atoms with Gasteiger partial charge >= 0.3 is 0 Å². The van der Waals surface area contributed by atoms with Gasteiger partial charge in [0.25, 0.3) is 0 Å². The molecule has 2 rings (SSSR count). The molecule has 0 spiro atoms. The van der Waals surface area contributed by atoms with Crippen molar-refractivity contribution in [1.82, 2.24) is 0 Å². The molecule has 70 valence electrons. The summed E-state index contributed by atoms with van der Waals surface area (Å²) in [4.78, 5) is 0. The molecule has 0 aliphatic carbocycles. The van der Waals surface area contributed by atoms with Gasteiger partial charge < -0.3 is 10.5 Å². The fourth-order valence-electron chi connectivity index (χ4n) is 1.47. The van der Waals surface area contributed by atoms with Crippen LogP contribution >= 0.6 is 27.5 Å². The van der Waals surface area contributed by atoms with Gasteiger partial charge in [-0.3, -0.25) is 0 Å². The van der Waals surface area contributed by atoms with E-state index < -0.39 is 0 Å². The maximum atomic E-state index is 5.97. The van der Waals surface area contributed by atoms with Gasteiger partial charge in [0.15, 0.2) is 0 Å². The zero-order valence-electron chi connectivity index (χ0n) is 7.05. The van der Waals surface area contributed by atoms with Crippen molar-refractivity contribution in [3.05, 3.63) is 27.2 Å². The number of fused-ring (bicyclic) bond motifs is 1. The summed E-state index contributed by atoms with van der Waals surface area (Å²) in [7, 11) is 0. The molecule has 1 aromatic rings. The van der Waals surface area contributed by atoms with Gasteiger partial charge in [0.1, 0.15) is 11.9 Å². The summed E-state index contributed by atoms with van der Waals surface area (Å²) >= 11 is 9.40. The molecule has 2 atom stereocenters. The number of hydrogen-bond acceptors (Lipinski definition) is 2. The van der Waals surface area contributed by atoms with E-state index in [0.717, 1.165) is 15.8 Å². The summed E-state index contributed by atoms with van der Waals surface area (Å²) in [5.41, 5.74) is 6.92. The molecule has 1 aliphatic rings. The number of halogens is 2. The van der Waals surface area contributed by atoms with Crippen LogP contribution < -0.4 is 10.5 Å². The fourth-order valence-corrected chi connectivity index (χ4v) is 2.26. The first kappa shape index (κ1) is 9.31. The monoisotopic (exact) mass is 261 g/mol. The van der Waals surface area contributed by atoms with Crippen LogP contribution in [0.1, 0.15) is 18.5 Å². The lowest BCUT2D eigenvalue weighted by Gasteiger charge is -2.07. The highest BCUT2D eigenvalue weighted by atomic mass is 79.9. The topological polar surface area (TPSA) is 35.2 Å². The molecule has 1 aliphatic heterocycles. The van der Waals surface area contributed by atoms with Gasteiger partial charge in [-0.05, 0) is 19.1 Å². The molecule has 0 saturated heterocycles. The van der Waals surface area contributed by atoms with Gasteiger partial charge in [-0.15, -0.1) is 0 Å². The summed E-state index contributed by atoms with van der Waals surface area (Å²) in [6.45, 7) is 1.94. The van der Waals surface area contributed by atoms with E-state index in [0.29, 0.717) is 5.02 Å². The molecular formula is C9H9BrClNO. The van der Waals surface area contributed by atoms with Crippen molar-refractivity contribution in [2.45, 2.75) is 19.1 Å². The Bertz CT molecular complexity index is 356. The van der Waals surface area contributed by atoms with E-state index in [-0.39, 0.29) is 12.1 Å². The molecule has 2 nitrogen and oxygen atoms in total. The second kappa shape index (κ2) is 3.15. The van der Waals surface area contributed by atoms with E-state index in [1.165, 1.54) is 0 Å². The molecule has 0 fully saturated rings. The van der Waals surface area contributed by atoms with Gasteiger partial charge in [0.05, 0.1) is 11.1 Å². The minimum atomic E-state index is -0.0944. The third-order valence-corrected chi connectivity index (χ3v) is 3.23. The van der Waals surface area contributed by atoms with Crippen molar-refractivity contribution in [2.75, 3.05) is 0 Å². The van der Waals surface area contributed by atoms with Gasteiger partial charge in [-0.2, -0.15) is 0 Å². The van der Waals surface area contributed by atoms with E-state index in [4.69, 9.17) is 22.1 Å². The number of ether oxygens (including phenoxy) is 1. The third kappa shape index (κ3) is 1.35. The molecule has 0 amide bonds. The molecule has 1 aromatic carbocycles. The van der Waals surface area contributed by atoms with E-state index in [1.54, 1.807) is 6.07 Å². The Morgan fingerprint density at radius 1 is 1.54 bits per heavy atom. The molecule has 1 heterocycles. The zero-order valence-corrected chi connectivity index (χ0v) is 9.39. The van der Waals surface area contributed by atoms with Crippen LogP contribution in [0.25, 0.3) is 0 Å². The van der Waals surface area contributed by atoms with Crippen LogP contribution in [-0.4, -0.2) is 6.10 Å². The molecular weight excluding hydrogens is 253 g/mol. The first-order valence-corrected chi connectivity index (χ1v) is 5.18. The standard InChI is InChI=1S/C9H9BrClNO/c1-4-8(12)7-5(10)2-3-6(11)9(7)13-4/h2-4,8H,12H2,1H3. The molecule has 0 aromatic heterocycles. The van der Waals surface area contributed by atoms with Gasteiger partial charge in [0, 0.05) is 10.0 Å². The minimum absolute atomic E-state index is 0.00815. The fraction of sp³-hybridized carbons (Fsp3) is 0.333. The summed E-state index contributed by atoms with van der Waals surface area (Å²) in [6.07, 6.45) is -0.00815. The normalized spacial score (nSPS) is 25.5. The largest absolute Gasteiger partial charge is 0.487 e. The van der Waals surface area contributed by atoms with Crippen molar-refractivity contribution in [3.63, 3.8) is 0 Å². The molecule has 4 heteroatoms. The Kier molecular flexibility index (Phi) is 2.26. The number of hydrogen-bond donors (Lipinski definition) is 1. The van der Waals surface area contributed by atoms with Crippen molar-refractivity contribution in [3.8, 4) is 5.75 Å². The smallest absolute Gasteiger partial charge is 0.144 e. The summed E-state index contributed by atoms with van der Waals surface area (Å²) in [5, 5.41) is 0.623. The number of nitrogens with two attached hydrogens (primary N) is 1. The Labute approximate surface area is 90.1 Å². The quantitative estimate of drug-likeness (QED) is 0.780. The van der Waals surface area contributed by atoms with E-state index in [9.17, 15) is 0 Å². The van der Waals surface area contributed by atoms with E-state index >= 15 is 0 Å². The average Bonchev–Trinajstić information content (AvgIpc) is 2.38. The van der Waals surface area contributed by atoms with Crippen LogP contribution in [0.4, 0.5) is 0 Å². The minimum Gasteiger partial charge on any atom is -0.487 e. The predicted octanol–water partition coefficient (Wildman–Crippen LogP) is 2.88. The summed E-state index contributed by atoms with van der Waals surface area (Å²) in [6, 6.07) is 3.60. The molecule has 0 saturated carbocycles. The lowest BCUT2D eigenvalue weighted by molar-refractivity contribution is 0.228. The van der Waals surface area contributed by atoms with E-state index in [1.807, 2.05) is 13.0 Å². The van der Waals surface area contributed by atoms with E-state index in [2.05, 4.69) is 15.9 Å². The van der Waals surface area contributed by atoms with Gasteiger partial charge in [0.2, 0.25) is 0 Å². The lowest BCUT2D eigenvalue weighted by Crippen LogP contribution is -2.21. The average molecular weight is 263 g/mol. The van der Waals surface area contributed by atoms with Gasteiger partial charge in [-0.25, -0.2) is 0 Å². The highest BCUT2D eigenvalue weighted by Crippen LogP contribution is 2.44.